The van der Waals surface area contributed by atoms with E-state index in [1.54, 1.807) is 0 Å². The molecule has 0 saturated carbocycles. The van der Waals surface area contributed by atoms with Crippen LogP contribution in [0.5, 0.6) is 0 Å². The monoisotopic (exact) mass is 672 g/mol. The molecule has 45 heavy (non-hydrogen) atoms. The predicted molar refractivity (Wildman–Crippen MR) is 176 cm³/mol. The van der Waals surface area contributed by atoms with Crippen LogP contribution in [0.15, 0.2) is 0 Å². The minimum absolute atomic E-state index is 0.0560. The molecule has 0 aromatic heterocycles. The van der Waals surface area contributed by atoms with Crippen molar-refractivity contribution in [3.05, 3.63) is 0 Å². The first-order valence-corrected chi connectivity index (χ1v) is 18.7. The van der Waals surface area contributed by atoms with Crippen molar-refractivity contribution in [1.29, 1.82) is 0 Å². The zero-order valence-corrected chi connectivity index (χ0v) is 27.9. The Bertz CT molecular complexity index is 878. The molecular formula is C30H52N6O7S2. The van der Waals surface area contributed by atoms with Gasteiger partial charge in [0.25, 0.3) is 0 Å². The third kappa shape index (κ3) is 13.0. The van der Waals surface area contributed by atoms with Gasteiger partial charge in [0, 0.05) is 61.2 Å². The Balaban J connectivity index is 0.821. The predicted octanol–water partition coefficient (Wildman–Crippen LogP) is 1.50. The maximum Gasteiger partial charge on any atom is 0.315 e. The Morgan fingerprint density at radius 3 is 1.47 bits per heavy atom. The molecule has 0 radical (unpaired) electrons. The van der Waals surface area contributed by atoms with E-state index in [1.807, 2.05) is 23.5 Å². The number of fused-ring (bicyclic) bond motifs is 2. The highest BCUT2D eigenvalue weighted by Gasteiger charge is 2.43. The molecule has 4 saturated heterocycles. The maximum absolute atomic E-state index is 12.0. The highest BCUT2D eigenvalue weighted by atomic mass is 32.2. The van der Waals surface area contributed by atoms with Crippen LogP contribution in [0.25, 0.3) is 0 Å². The van der Waals surface area contributed by atoms with Crippen molar-refractivity contribution < 1.29 is 33.4 Å². The first-order valence-electron chi connectivity index (χ1n) is 16.6. The number of thioether (sulfide) groups is 2. The molecule has 0 aromatic carbocycles. The molecular weight excluding hydrogens is 620 g/mol. The number of hydrogen-bond acceptors (Lipinski definition) is 9. The Kier molecular flexibility index (Phi) is 16.2. The third-order valence-corrected chi connectivity index (χ3v) is 11.5. The zero-order valence-electron chi connectivity index (χ0n) is 26.3. The van der Waals surface area contributed by atoms with Crippen LogP contribution in [0.2, 0.25) is 0 Å². The number of nitrogens with one attached hydrogen (secondary N) is 6. The maximum atomic E-state index is 12.0. The average Bonchev–Trinajstić information content (AvgIpc) is 3.77. The lowest BCUT2D eigenvalue weighted by atomic mass is 10.0. The smallest absolute Gasteiger partial charge is 0.315 e. The summed E-state index contributed by atoms with van der Waals surface area (Å²) in [7, 11) is 0. The van der Waals surface area contributed by atoms with Gasteiger partial charge < -0.3 is 46.1 Å². The number of rotatable bonds is 24. The first-order chi connectivity index (χ1) is 22.0. The Morgan fingerprint density at radius 1 is 0.600 bits per heavy atom. The normalized spacial score (nSPS) is 26.5. The number of urea groups is 2. The van der Waals surface area contributed by atoms with Crippen LogP contribution in [0.4, 0.5) is 9.59 Å². The molecule has 4 aliphatic heterocycles. The minimum atomic E-state index is -0.0560. The fourth-order valence-electron chi connectivity index (χ4n) is 6.07. The molecule has 256 valence electrons. The zero-order chi connectivity index (χ0) is 31.7. The summed E-state index contributed by atoms with van der Waals surface area (Å²) < 4.78 is 16.6. The lowest BCUT2D eigenvalue weighted by Crippen LogP contribution is -2.36. The summed E-state index contributed by atoms with van der Waals surface area (Å²) in [5.41, 5.74) is 0. The van der Waals surface area contributed by atoms with Crippen LogP contribution in [-0.4, -0.2) is 123 Å². The first kappa shape index (κ1) is 35.9. The van der Waals surface area contributed by atoms with Crippen molar-refractivity contribution in [2.75, 3.05) is 64.2 Å². The van der Waals surface area contributed by atoms with Crippen molar-refractivity contribution in [2.45, 2.75) is 98.9 Å². The topological polar surface area (TPSA) is 168 Å². The van der Waals surface area contributed by atoms with E-state index in [-0.39, 0.29) is 48.0 Å². The molecule has 6 atom stereocenters. The van der Waals surface area contributed by atoms with E-state index in [0.717, 1.165) is 62.9 Å². The summed E-state index contributed by atoms with van der Waals surface area (Å²) in [6, 6.07) is 0.851. The summed E-state index contributed by atoms with van der Waals surface area (Å²) in [6.07, 6.45) is 8.33. The Labute approximate surface area is 275 Å². The van der Waals surface area contributed by atoms with Crippen molar-refractivity contribution in [3.63, 3.8) is 0 Å². The highest BCUT2D eigenvalue weighted by Crippen LogP contribution is 2.34. The summed E-state index contributed by atoms with van der Waals surface area (Å²) in [5, 5.41) is 18.7. The molecule has 6 N–H and O–H groups in total. The molecule has 4 fully saturated rings. The van der Waals surface area contributed by atoms with Crippen molar-refractivity contribution in [1.82, 2.24) is 31.9 Å². The second kappa shape index (κ2) is 20.3. The Hall–Kier alpha value is -1.94. The van der Waals surface area contributed by atoms with Gasteiger partial charge in [0.2, 0.25) is 11.8 Å². The molecule has 0 spiro atoms. The van der Waals surface area contributed by atoms with Gasteiger partial charge in [-0.05, 0) is 38.5 Å². The molecule has 6 amide bonds. The second-order valence-corrected chi connectivity index (χ2v) is 14.5. The van der Waals surface area contributed by atoms with Crippen LogP contribution in [0.1, 0.15) is 64.2 Å². The summed E-state index contributed by atoms with van der Waals surface area (Å²) in [4.78, 5) is 47.0. The molecule has 0 unspecified atom stereocenters. The largest absolute Gasteiger partial charge is 0.379 e. The molecule has 4 aliphatic rings. The van der Waals surface area contributed by atoms with E-state index in [0.29, 0.717) is 76.1 Å². The second-order valence-electron chi connectivity index (χ2n) is 12.0. The van der Waals surface area contributed by atoms with E-state index >= 15 is 0 Å². The van der Waals surface area contributed by atoms with Gasteiger partial charge in [0.05, 0.1) is 50.6 Å². The van der Waals surface area contributed by atoms with Gasteiger partial charge in [-0.1, -0.05) is 12.8 Å². The summed E-state index contributed by atoms with van der Waals surface area (Å²) in [5.74, 6) is 2.09. The van der Waals surface area contributed by atoms with Gasteiger partial charge in [-0.25, -0.2) is 9.59 Å². The molecule has 0 aliphatic carbocycles. The van der Waals surface area contributed by atoms with Gasteiger partial charge in [-0.2, -0.15) is 23.5 Å². The molecule has 0 bridgehead atoms. The third-order valence-electron chi connectivity index (χ3n) is 8.48. The molecule has 0 aromatic rings. The van der Waals surface area contributed by atoms with Crippen LogP contribution < -0.4 is 31.9 Å². The van der Waals surface area contributed by atoms with Crippen LogP contribution in [-0.2, 0) is 23.8 Å². The van der Waals surface area contributed by atoms with E-state index < -0.39 is 0 Å². The van der Waals surface area contributed by atoms with Gasteiger partial charge in [0.15, 0.2) is 0 Å². The van der Waals surface area contributed by atoms with E-state index in [2.05, 4.69) is 31.9 Å². The van der Waals surface area contributed by atoms with Crippen molar-refractivity contribution in [3.8, 4) is 0 Å². The summed E-state index contributed by atoms with van der Waals surface area (Å²) in [6.45, 7) is 4.37. The van der Waals surface area contributed by atoms with Crippen LogP contribution >= 0.6 is 23.5 Å². The highest BCUT2D eigenvalue weighted by molar-refractivity contribution is 8.00. The number of hydrogen-bond donors (Lipinski definition) is 6. The SMILES string of the molecule is O=C(CCCC[C@@H]1SC[C@@H]2NC(=O)N[C@H]21)NCCCOCCOCCOCCCNC(=O)CCCC[C@@H]1SC[C@@H]2NC(=O)N[C@@H]21. The van der Waals surface area contributed by atoms with Gasteiger partial charge >= 0.3 is 12.1 Å². The Morgan fingerprint density at radius 2 is 1.02 bits per heavy atom. The number of ether oxygens (including phenoxy) is 3. The van der Waals surface area contributed by atoms with Crippen molar-refractivity contribution in [2.24, 2.45) is 0 Å². The number of amides is 6. The average molecular weight is 673 g/mol. The number of carbonyl (C=O) groups is 4. The standard InChI is InChI=1S/C30H52N6O7S2/c37-25(9-3-1-7-23-27-21(19-44-23)33-29(39)35-27)31-11-5-13-41-15-17-43-18-16-42-14-6-12-32-26(38)10-4-2-8-24-28-22(20-45-24)34-30(40)36-28/h21-24,27-28H,1-20H2,(H,31,37)(H,32,38)(H2,33,35,39)(H2,34,36,40)/t21-,22-,23-,24-,27-,28+/m0/s1. The van der Waals surface area contributed by atoms with Crippen LogP contribution in [0, 0.1) is 0 Å². The van der Waals surface area contributed by atoms with E-state index in [1.165, 1.54) is 0 Å². The van der Waals surface area contributed by atoms with Gasteiger partial charge in [-0.3, -0.25) is 9.59 Å². The fraction of sp³-hybridized carbons (Fsp3) is 0.867. The molecule has 15 heteroatoms. The van der Waals surface area contributed by atoms with Gasteiger partial charge in [0.1, 0.15) is 0 Å². The number of unbranched alkanes of at least 4 members (excludes halogenated alkanes) is 2. The quantitative estimate of drug-likeness (QED) is 0.0658. The molecule has 4 heterocycles. The lowest BCUT2D eigenvalue weighted by molar-refractivity contribution is -0.122. The lowest BCUT2D eigenvalue weighted by Gasteiger charge is -2.16. The van der Waals surface area contributed by atoms with Crippen LogP contribution in [0.3, 0.4) is 0 Å². The summed E-state index contributed by atoms with van der Waals surface area (Å²) >= 11 is 3.82. The minimum Gasteiger partial charge on any atom is -0.379 e. The van der Waals surface area contributed by atoms with E-state index in [4.69, 9.17) is 14.2 Å². The molecule has 13 nitrogen and oxygen atoms in total. The number of carbonyl (C=O) groups excluding carboxylic acids is 4. The van der Waals surface area contributed by atoms with Gasteiger partial charge in [-0.15, -0.1) is 0 Å². The fourth-order valence-corrected chi connectivity index (χ4v) is 9.16. The molecule has 4 rings (SSSR count). The van der Waals surface area contributed by atoms with E-state index in [9.17, 15) is 19.2 Å². The van der Waals surface area contributed by atoms with Crippen molar-refractivity contribution >= 4 is 47.4 Å².